The van der Waals surface area contributed by atoms with E-state index in [1.807, 2.05) is 36.4 Å². The summed E-state index contributed by atoms with van der Waals surface area (Å²) < 4.78 is 9.98. The Bertz CT molecular complexity index is 452. The van der Waals surface area contributed by atoms with Gasteiger partial charge in [-0.15, -0.1) is 0 Å². The molecule has 4 heteroatoms. The minimum absolute atomic E-state index is 0.217. The summed E-state index contributed by atoms with van der Waals surface area (Å²) in [6.45, 7) is 1.72. The van der Waals surface area contributed by atoms with Crippen LogP contribution in [0.15, 0.2) is 30.3 Å². The van der Waals surface area contributed by atoms with Crippen molar-refractivity contribution in [3.05, 3.63) is 40.9 Å². The number of epoxide rings is 1. The van der Waals surface area contributed by atoms with Gasteiger partial charge in [0.15, 0.2) is 5.60 Å². The molecule has 1 aromatic carbocycles. The Kier molecular flexibility index (Phi) is 3.22. The molecule has 0 aromatic heterocycles. The van der Waals surface area contributed by atoms with Crippen LogP contribution in [-0.2, 0) is 14.3 Å². The fourth-order valence-corrected chi connectivity index (χ4v) is 1.72. The number of esters is 1. The molecule has 2 rings (SSSR count). The lowest BCUT2D eigenvalue weighted by Crippen LogP contribution is -2.24. The first-order valence-corrected chi connectivity index (χ1v) is 5.64. The Morgan fingerprint density at radius 3 is 2.71 bits per heavy atom. The molecule has 1 aromatic rings. The number of ether oxygens (including phenoxy) is 2. The average molecular weight is 253 g/mol. The van der Waals surface area contributed by atoms with Crippen molar-refractivity contribution in [1.82, 2.24) is 0 Å². The van der Waals surface area contributed by atoms with E-state index in [1.165, 1.54) is 7.11 Å². The number of hydrogen-bond acceptors (Lipinski definition) is 3. The van der Waals surface area contributed by atoms with Gasteiger partial charge in [0.1, 0.15) is 6.10 Å². The summed E-state index contributed by atoms with van der Waals surface area (Å²) in [6, 6.07) is 7.43. The molecule has 90 valence electrons. The highest BCUT2D eigenvalue weighted by atomic mass is 35.5. The standard InChI is InChI=1S/C13H13ClO3/c1-13(12(15)16-2)11(17-13)8-5-9-3-6-10(14)7-4-9/h3-8,11H,1-2H3. The smallest absolute Gasteiger partial charge is 0.340 e. The highest BCUT2D eigenvalue weighted by Crippen LogP contribution is 2.38. The average Bonchev–Trinajstić information content (AvgIpc) is 3.00. The lowest BCUT2D eigenvalue weighted by atomic mass is 10.1. The van der Waals surface area contributed by atoms with Crippen molar-refractivity contribution in [2.75, 3.05) is 7.11 Å². The zero-order valence-electron chi connectivity index (χ0n) is 9.64. The molecule has 2 atom stereocenters. The second-order valence-corrected chi connectivity index (χ2v) is 4.48. The van der Waals surface area contributed by atoms with E-state index in [0.29, 0.717) is 5.02 Å². The molecular formula is C13H13ClO3. The zero-order valence-corrected chi connectivity index (χ0v) is 10.4. The van der Waals surface area contributed by atoms with E-state index in [2.05, 4.69) is 4.74 Å². The second-order valence-electron chi connectivity index (χ2n) is 4.05. The predicted octanol–water partition coefficient (Wildman–Crippen LogP) is 2.68. The molecule has 0 aliphatic carbocycles. The van der Waals surface area contributed by atoms with Crippen molar-refractivity contribution < 1.29 is 14.3 Å². The van der Waals surface area contributed by atoms with Crippen LogP contribution in [0.25, 0.3) is 6.08 Å². The molecule has 1 saturated heterocycles. The normalized spacial score (nSPS) is 27.1. The Hall–Kier alpha value is -1.32. The maximum atomic E-state index is 11.4. The van der Waals surface area contributed by atoms with Crippen molar-refractivity contribution in [1.29, 1.82) is 0 Å². The van der Waals surface area contributed by atoms with Gasteiger partial charge in [0.25, 0.3) is 0 Å². The van der Waals surface area contributed by atoms with Crippen LogP contribution in [0.5, 0.6) is 0 Å². The highest BCUT2D eigenvalue weighted by Gasteiger charge is 2.58. The Morgan fingerprint density at radius 2 is 2.12 bits per heavy atom. The summed E-state index contributed by atoms with van der Waals surface area (Å²) in [7, 11) is 1.36. The maximum absolute atomic E-state index is 11.4. The number of benzene rings is 1. The van der Waals surface area contributed by atoms with Gasteiger partial charge in [-0.1, -0.05) is 35.9 Å². The molecule has 17 heavy (non-hydrogen) atoms. The Labute approximate surface area is 105 Å². The van der Waals surface area contributed by atoms with E-state index < -0.39 is 5.60 Å². The molecule has 1 aliphatic heterocycles. The number of halogens is 1. The van der Waals surface area contributed by atoms with Gasteiger partial charge < -0.3 is 9.47 Å². The van der Waals surface area contributed by atoms with Crippen LogP contribution in [0.3, 0.4) is 0 Å². The van der Waals surface area contributed by atoms with Crippen molar-refractivity contribution in [3.8, 4) is 0 Å². The van der Waals surface area contributed by atoms with Gasteiger partial charge in [-0.05, 0) is 24.6 Å². The molecule has 0 radical (unpaired) electrons. The molecule has 2 unspecified atom stereocenters. The van der Waals surface area contributed by atoms with Crippen LogP contribution in [-0.4, -0.2) is 24.8 Å². The first-order valence-electron chi connectivity index (χ1n) is 5.26. The van der Waals surface area contributed by atoms with Crippen LogP contribution in [0.2, 0.25) is 5.02 Å². The number of methoxy groups -OCH3 is 1. The molecule has 0 amide bonds. The van der Waals surface area contributed by atoms with E-state index in [9.17, 15) is 4.79 Å². The summed E-state index contributed by atoms with van der Waals surface area (Å²) in [6.07, 6.45) is 3.53. The van der Waals surface area contributed by atoms with E-state index in [0.717, 1.165) is 5.56 Å². The minimum atomic E-state index is -0.822. The fraction of sp³-hybridized carbons (Fsp3) is 0.308. The fourth-order valence-electron chi connectivity index (χ4n) is 1.59. The van der Waals surface area contributed by atoms with E-state index in [4.69, 9.17) is 16.3 Å². The number of carbonyl (C=O) groups is 1. The third kappa shape index (κ3) is 2.51. The first-order chi connectivity index (χ1) is 8.06. The lowest BCUT2D eigenvalue weighted by molar-refractivity contribution is -0.146. The van der Waals surface area contributed by atoms with Crippen molar-refractivity contribution in [2.45, 2.75) is 18.6 Å². The van der Waals surface area contributed by atoms with Crippen LogP contribution in [0.1, 0.15) is 12.5 Å². The molecule has 0 spiro atoms. The number of hydrogen-bond donors (Lipinski definition) is 0. The molecule has 1 fully saturated rings. The number of carbonyl (C=O) groups excluding carboxylic acids is 1. The summed E-state index contributed by atoms with van der Waals surface area (Å²) in [5.41, 5.74) is 0.189. The quantitative estimate of drug-likeness (QED) is 0.613. The van der Waals surface area contributed by atoms with E-state index in [-0.39, 0.29) is 12.1 Å². The molecule has 0 N–H and O–H groups in total. The van der Waals surface area contributed by atoms with E-state index >= 15 is 0 Å². The van der Waals surface area contributed by atoms with Gasteiger partial charge in [0.2, 0.25) is 0 Å². The van der Waals surface area contributed by atoms with Gasteiger partial charge in [-0.25, -0.2) is 4.79 Å². The monoisotopic (exact) mass is 252 g/mol. The molecule has 0 saturated carbocycles. The molecule has 0 bridgehead atoms. The predicted molar refractivity (Wildman–Crippen MR) is 65.8 cm³/mol. The summed E-state index contributed by atoms with van der Waals surface area (Å²) in [5.74, 6) is -0.344. The summed E-state index contributed by atoms with van der Waals surface area (Å²) in [4.78, 5) is 11.4. The molecular weight excluding hydrogens is 240 g/mol. The van der Waals surface area contributed by atoms with Crippen LogP contribution >= 0.6 is 11.6 Å². The van der Waals surface area contributed by atoms with Crippen LogP contribution < -0.4 is 0 Å². The summed E-state index contributed by atoms with van der Waals surface area (Å²) in [5, 5.41) is 0.698. The lowest BCUT2D eigenvalue weighted by Gasteiger charge is -2.00. The van der Waals surface area contributed by atoms with Crippen LogP contribution in [0.4, 0.5) is 0 Å². The minimum Gasteiger partial charge on any atom is -0.467 e. The number of rotatable bonds is 3. The van der Waals surface area contributed by atoms with E-state index in [1.54, 1.807) is 6.92 Å². The van der Waals surface area contributed by atoms with Crippen LogP contribution in [0, 0.1) is 0 Å². The summed E-state index contributed by atoms with van der Waals surface area (Å²) >= 11 is 5.78. The third-order valence-corrected chi connectivity index (χ3v) is 3.03. The highest BCUT2D eigenvalue weighted by molar-refractivity contribution is 6.30. The third-order valence-electron chi connectivity index (χ3n) is 2.78. The largest absolute Gasteiger partial charge is 0.467 e. The maximum Gasteiger partial charge on any atom is 0.340 e. The molecule has 3 nitrogen and oxygen atoms in total. The van der Waals surface area contributed by atoms with Crippen molar-refractivity contribution in [2.24, 2.45) is 0 Å². The van der Waals surface area contributed by atoms with Crippen molar-refractivity contribution >= 4 is 23.6 Å². The Balaban J connectivity index is 2.00. The first kappa shape index (κ1) is 12.1. The van der Waals surface area contributed by atoms with Crippen molar-refractivity contribution in [3.63, 3.8) is 0 Å². The zero-order chi connectivity index (χ0) is 12.5. The van der Waals surface area contributed by atoms with Gasteiger partial charge >= 0.3 is 5.97 Å². The SMILES string of the molecule is COC(=O)C1(C)OC1C=Cc1ccc(Cl)cc1. The Morgan fingerprint density at radius 1 is 1.47 bits per heavy atom. The second kappa shape index (κ2) is 4.51. The van der Waals surface area contributed by atoms with Gasteiger partial charge in [-0.2, -0.15) is 0 Å². The topological polar surface area (TPSA) is 38.8 Å². The van der Waals surface area contributed by atoms with Gasteiger partial charge in [0.05, 0.1) is 7.11 Å². The van der Waals surface area contributed by atoms with Gasteiger partial charge in [-0.3, -0.25) is 0 Å². The molecule has 1 aliphatic rings. The van der Waals surface area contributed by atoms with Gasteiger partial charge in [0, 0.05) is 5.02 Å². The molecule has 1 heterocycles.